The molecule has 0 bridgehead atoms. The number of carboxylic acids is 1. The molecule has 15 heavy (non-hydrogen) atoms. The van der Waals surface area contributed by atoms with E-state index in [0.29, 0.717) is 6.54 Å². The zero-order chi connectivity index (χ0) is 10.7. The molecule has 1 aromatic rings. The van der Waals surface area contributed by atoms with Gasteiger partial charge in [-0.1, -0.05) is 0 Å². The lowest BCUT2D eigenvalue weighted by Crippen LogP contribution is -2.57. The Morgan fingerprint density at radius 1 is 1.60 bits per heavy atom. The maximum absolute atomic E-state index is 11.0. The number of aromatic nitrogens is 2. The van der Waals surface area contributed by atoms with E-state index in [1.807, 2.05) is 10.8 Å². The van der Waals surface area contributed by atoms with Crippen molar-refractivity contribution in [3.8, 4) is 0 Å². The molecule has 0 amide bonds. The SMILES string of the molecule is O=C(O)C1(NCCn2ccnc2)CCC1. The highest BCUT2D eigenvalue weighted by Crippen LogP contribution is 2.31. The van der Waals surface area contributed by atoms with E-state index in [0.717, 1.165) is 25.8 Å². The standard InChI is InChI=1S/C10H15N3O2/c14-9(15)10(2-1-3-10)12-5-7-13-6-4-11-8-13/h4,6,8,12H,1-3,5,7H2,(H,14,15). The van der Waals surface area contributed by atoms with E-state index in [4.69, 9.17) is 5.11 Å². The highest BCUT2D eigenvalue weighted by Gasteiger charge is 2.43. The number of nitrogens with zero attached hydrogens (tertiary/aromatic N) is 2. The zero-order valence-corrected chi connectivity index (χ0v) is 8.52. The lowest BCUT2D eigenvalue weighted by Gasteiger charge is -2.38. The first-order valence-electron chi connectivity index (χ1n) is 5.17. The molecule has 0 aliphatic heterocycles. The van der Waals surface area contributed by atoms with E-state index >= 15 is 0 Å². The second kappa shape index (κ2) is 4.02. The van der Waals surface area contributed by atoms with Gasteiger partial charge in [0, 0.05) is 25.5 Å². The molecule has 5 heteroatoms. The van der Waals surface area contributed by atoms with Crippen LogP contribution in [0.5, 0.6) is 0 Å². The number of hydrogen-bond acceptors (Lipinski definition) is 3. The molecule has 1 aliphatic carbocycles. The van der Waals surface area contributed by atoms with Crippen LogP contribution in [0.15, 0.2) is 18.7 Å². The van der Waals surface area contributed by atoms with Gasteiger partial charge in [-0.2, -0.15) is 0 Å². The summed E-state index contributed by atoms with van der Waals surface area (Å²) >= 11 is 0. The van der Waals surface area contributed by atoms with Crippen molar-refractivity contribution in [1.82, 2.24) is 14.9 Å². The predicted octanol–water partition coefficient (Wildman–Crippen LogP) is 0.480. The minimum Gasteiger partial charge on any atom is -0.480 e. The molecule has 1 fully saturated rings. The summed E-state index contributed by atoms with van der Waals surface area (Å²) in [5.41, 5.74) is -0.652. The molecule has 0 saturated heterocycles. The first kappa shape index (κ1) is 10.2. The number of aliphatic carboxylic acids is 1. The van der Waals surface area contributed by atoms with Crippen LogP contribution in [0.2, 0.25) is 0 Å². The lowest BCUT2D eigenvalue weighted by atomic mass is 9.77. The summed E-state index contributed by atoms with van der Waals surface area (Å²) < 4.78 is 1.93. The topological polar surface area (TPSA) is 67.2 Å². The third-order valence-corrected chi connectivity index (χ3v) is 3.01. The third kappa shape index (κ3) is 2.02. The molecule has 2 rings (SSSR count). The minimum absolute atomic E-state index is 0.652. The second-order valence-electron chi connectivity index (χ2n) is 3.97. The molecule has 5 nitrogen and oxygen atoms in total. The zero-order valence-electron chi connectivity index (χ0n) is 8.52. The van der Waals surface area contributed by atoms with E-state index in [-0.39, 0.29) is 0 Å². The van der Waals surface area contributed by atoms with Gasteiger partial charge in [0.1, 0.15) is 5.54 Å². The number of carbonyl (C=O) groups is 1. The highest BCUT2D eigenvalue weighted by molar-refractivity contribution is 5.79. The first-order valence-corrected chi connectivity index (χ1v) is 5.17. The molecular weight excluding hydrogens is 194 g/mol. The van der Waals surface area contributed by atoms with Crippen LogP contribution in [0.4, 0.5) is 0 Å². The summed E-state index contributed by atoms with van der Waals surface area (Å²) in [5, 5.41) is 12.2. The summed E-state index contributed by atoms with van der Waals surface area (Å²) in [6.07, 6.45) is 7.81. The fourth-order valence-corrected chi connectivity index (χ4v) is 1.84. The fourth-order valence-electron chi connectivity index (χ4n) is 1.84. The van der Waals surface area contributed by atoms with Gasteiger partial charge in [-0.25, -0.2) is 4.98 Å². The van der Waals surface area contributed by atoms with Crippen LogP contribution in [0.1, 0.15) is 19.3 Å². The van der Waals surface area contributed by atoms with Gasteiger partial charge in [0.2, 0.25) is 0 Å². The number of carboxylic acid groups (broad SMARTS) is 1. The van der Waals surface area contributed by atoms with Crippen LogP contribution in [-0.2, 0) is 11.3 Å². The van der Waals surface area contributed by atoms with Crippen molar-refractivity contribution >= 4 is 5.97 Å². The van der Waals surface area contributed by atoms with Gasteiger partial charge in [-0.3, -0.25) is 4.79 Å². The van der Waals surface area contributed by atoms with Crippen molar-refractivity contribution in [2.24, 2.45) is 0 Å². The number of rotatable bonds is 5. The van der Waals surface area contributed by atoms with Crippen LogP contribution in [0, 0.1) is 0 Å². The molecule has 0 radical (unpaired) electrons. The molecular formula is C10H15N3O2. The molecule has 1 saturated carbocycles. The minimum atomic E-state index is -0.723. The van der Waals surface area contributed by atoms with E-state index < -0.39 is 11.5 Å². The Morgan fingerprint density at radius 2 is 2.40 bits per heavy atom. The Kier molecular flexibility index (Phi) is 2.73. The summed E-state index contributed by atoms with van der Waals surface area (Å²) in [5.74, 6) is -0.723. The van der Waals surface area contributed by atoms with Crippen molar-refractivity contribution in [2.75, 3.05) is 6.54 Å². The predicted molar refractivity (Wildman–Crippen MR) is 54.4 cm³/mol. The Bertz CT molecular complexity index is 330. The highest BCUT2D eigenvalue weighted by atomic mass is 16.4. The van der Waals surface area contributed by atoms with E-state index in [9.17, 15) is 4.79 Å². The average Bonchev–Trinajstić information content (AvgIpc) is 2.61. The summed E-state index contributed by atoms with van der Waals surface area (Å²) in [4.78, 5) is 14.9. The van der Waals surface area contributed by atoms with Crippen LogP contribution in [0.25, 0.3) is 0 Å². The third-order valence-electron chi connectivity index (χ3n) is 3.01. The maximum Gasteiger partial charge on any atom is 0.323 e. The second-order valence-corrected chi connectivity index (χ2v) is 3.97. The van der Waals surface area contributed by atoms with Gasteiger partial charge in [-0.15, -0.1) is 0 Å². The normalized spacial score (nSPS) is 18.4. The Morgan fingerprint density at radius 3 is 2.87 bits per heavy atom. The van der Waals surface area contributed by atoms with Crippen molar-refractivity contribution in [3.05, 3.63) is 18.7 Å². The van der Waals surface area contributed by atoms with Crippen molar-refractivity contribution < 1.29 is 9.90 Å². The Hall–Kier alpha value is -1.36. The van der Waals surface area contributed by atoms with E-state index in [1.54, 1.807) is 12.5 Å². The first-order chi connectivity index (χ1) is 7.23. The van der Waals surface area contributed by atoms with Gasteiger partial charge in [0.15, 0.2) is 0 Å². The van der Waals surface area contributed by atoms with Crippen LogP contribution in [-0.4, -0.2) is 32.7 Å². The Labute approximate surface area is 88.1 Å². The number of nitrogens with one attached hydrogen (secondary N) is 1. The molecule has 1 aliphatic rings. The largest absolute Gasteiger partial charge is 0.480 e. The quantitative estimate of drug-likeness (QED) is 0.740. The molecule has 0 atom stereocenters. The molecule has 0 spiro atoms. The van der Waals surface area contributed by atoms with E-state index in [1.165, 1.54) is 0 Å². The van der Waals surface area contributed by atoms with Gasteiger partial charge in [-0.05, 0) is 19.3 Å². The van der Waals surface area contributed by atoms with Gasteiger partial charge < -0.3 is 15.0 Å². The summed E-state index contributed by atoms with van der Waals surface area (Å²) in [6, 6.07) is 0. The Balaban J connectivity index is 1.80. The number of imidazole rings is 1. The van der Waals surface area contributed by atoms with Crippen LogP contribution >= 0.6 is 0 Å². The van der Waals surface area contributed by atoms with Gasteiger partial charge >= 0.3 is 5.97 Å². The van der Waals surface area contributed by atoms with E-state index in [2.05, 4.69) is 10.3 Å². The molecule has 82 valence electrons. The van der Waals surface area contributed by atoms with Crippen LogP contribution in [0.3, 0.4) is 0 Å². The molecule has 2 N–H and O–H groups in total. The molecule has 0 unspecified atom stereocenters. The van der Waals surface area contributed by atoms with Gasteiger partial charge in [0.25, 0.3) is 0 Å². The summed E-state index contributed by atoms with van der Waals surface area (Å²) in [6.45, 7) is 1.43. The fraction of sp³-hybridized carbons (Fsp3) is 0.600. The average molecular weight is 209 g/mol. The molecule has 1 aromatic heterocycles. The van der Waals surface area contributed by atoms with Crippen molar-refractivity contribution in [1.29, 1.82) is 0 Å². The lowest BCUT2D eigenvalue weighted by molar-refractivity contribution is -0.148. The smallest absolute Gasteiger partial charge is 0.323 e. The monoisotopic (exact) mass is 209 g/mol. The van der Waals surface area contributed by atoms with Gasteiger partial charge in [0.05, 0.1) is 6.33 Å². The van der Waals surface area contributed by atoms with Crippen molar-refractivity contribution in [2.45, 2.75) is 31.3 Å². The molecule has 1 heterocycles. The maximum atomic E-state index is 11.0. The number of hydrogen-bond donors (Lipinski definition) is 2. The summed E-state index contributed by atoms with van der Waals surface area (Å²) in [7, 11) is 0. The van der Waals surface area contributed by atoms with Crippen molar-refractivity contribution in [3.63, 3.8) is 0 Å². The van der Waals surface area contributed by atoms with Crippen LogP contribution < -0.4 is 5.32 Å². The molecule has 0 aromatic carbocycles.